The van der Waals surface area contributed by atoms with E-state index in [0.717, 1.165) is 21.7 Å². The van der Waals surface area contributed by atoms with Crippen LogP contribution in [0.25, 0.3) is 0 Å². The van der Waals surface area contributed by atoms with E-state index in [1.807, 2.05) is 18.4 Å². The molecule has 0 bridgehead atoms. The van der Waals surface area contributed by atoms with Gasteiger partial charge in [-0.05, 0) is 42.6 Å². The van der Waals surface area contributed by atoms with Crippen molar-refractivity contribution < 1.29 is 19.6 Å². The van der Waals surface area contributed by atoms with Gasteiger partial charge in [0.25, 0.3) is 0 Å². The molecule has 0 aliphatic carbocycles. The van der Waals surface area contributed by atoms with Gasteiger partial charge in [-0.15, -0.1) is 0 Å². The van der Waals surface area contributed by atoms with Crippen LogP contribution in [0.5, 0.6) is 5.75 Å². The summed E-state index contributed by atoms with van der Waals surface area (Å²) in [5.74, 6) is 11.5. The molecule has 0 aliphatic rings. The molecule has 0 spiro atoms. The van der Waals surface area contributed by atoms with Gasteiger partial charge in [0.2, 0.25) is 0 Å². The zero-order chi connectivity index (χ0) is 18.6. The highest BCUT2D eigenvalue weighted by Crippen LogP contribution is 2.25. The molecule has 2 aromatic rings. The fraction of sp³-hybridized carbons (Fsp3) is 0.188. The molecule has 0 saturated carbocycles. The monoisotopic (exact) mass is 344 g/mol. The van der Waals surface area contributed by atoms with Crippen molar-refractivity contribution >= 4 is 24.3 Å². The van der Waals surface area contributed by atoms with Crippen molar-refractivity contribution in [3.63, 3.8) is 0 Å². The van der Waals surface area contributed by atoms with Crippen LogP contribution in [0.2, 0.25) is 0 Å². The summed E-state index contributed by atoms with van der Waals surface area (Å²) in [6.07, 6.45) is 0. The largest absolute Gasteiger partial charge is 0.489 e. The molecule has 2 amide bonds. The van der Waals surface area contributed by atoms with E-state index >= 15 is 0 Å². The molecule has 0 aliphatic heterocycles. The summed E-state index contributed by atoms with van der Waals surface area (Å²) in [6.45, 7) is 3.86. The summed E-state index contributed by atoms with van der Waals surface area (Å²) < 4.78 is 5.83. The predicted molar refractivity (Wildman–Crippen MR) is 95.9 cm³/mol. The Morgan fingerprint density at radius 1 is 1.24 bits per heavy atom. The Morgan fingerprint density at radius 2 is 1.96 bits per heavy atom. The predicted octanol–water partition coefficient (Wildman–Crippen LogP) is -0.174. The van der Waals surface area contributed by atoms with E-state index < -0.39 is 13.1 Å². The zero-order valence-corrected chi connectivity index (χ0v) is 14.1. The molecule has 2 aromatic carbocycles. The van der Waals surface area contributed by atoms with Gasteiger partial charge >= 0.3 is 13.1 Å². The molecule has 9 heteroatoms. The van der Waals surface area contributed by atoms with Gasteiger partial charge in [0.1, 0.15) is 12.4 Å². The zero-order valence-electron chi connectivity index (χ0n) is 14.1. The molecular weight excluding hydrogens is 323 g/mol. The van der Waals surface area contributed by atoms with Crippen molar-refractivity contribution in [3.05, 3.63) is 53.1 Å². The number of hydrogen-bond acceptors (Lipinski definition) is 6. The maximum Gasteiger partial charge on any atom is 0.488 e. The molecule has 132 valence electrons. The van der Waals surface area contributed by atoms with Crippen molar-refractivity contribution in [2.24, 2.45) is 11.7 Å². The Hall–Kier alpha value is -2.59. The Morgan fingerprint density at radius 3 is 2.56 bits per heavy atom. The van der Waals surface area contributed by atoms with E-state index in [9.17, 15) is 14.8 Å². The SMILES string of the molecule is Cc1cc(B(O)O)ccc1OCc1c(C)cccc1N(N)C(=O)NN. The van der Waals surface area contributed by atoms with Crippen molar-refractivity contribution in [1.29, 1.82) is 0 Å². The highest BCUT2D eigenvalue weighted by molar-refractivity contribution is 6.58. The number of urea groups is 1. The third kappa shape index (κ3) is 4.28. The van der Waals surface area contributed by atoms with Gasteiger partial charge in [-0.3, -0.25) is 5.43 Å². The third-order valence-corrected chi connectivity index (χ3v) is 3.86. The Balaban J connectivity index is 2.25. The van der Waals surface area contributed by atoms with Gasteiger partial charge in [-0.2, -0.15) is 0 Å². The lowest BCUT2D eigenvalue weighted by molar-refractivity contribution is 0.246. The maximum absolute atomic E-state index is 11.7. The number of aryl methyl sites for hydroxylation is 2. The number of carbonyl (C=O) groups is 1. The van der Waals surface area contributed by atoms with Crippen LogP contribution >= 0.6 is 0 Å². The van der Waals surface area contributed by atoms with Crippen LogP contribution in [0.3, 0.4) is 0 Å². The molecule has 8 nitrogen and oxygen atoms in total. The summed E-state index contributed by atoms with van der Waals surface area (Å²) in [7, 11) is -1.53. The van der Waals surface area contributed by atoms with Gasteiger partial charge in [0.15, 0.2) is 0 Å². The molecule has 0 aromatic heterocycles. The van der Waals surface area contributed by atoms with Crippen LogP contribution in [-0.2, 0) is 6.61 Å². The molecule has 2 rings (SSSR count). The third-order valence-electron chi connectivity index (χ3n) is 3.86. The lowest BCUT2D eigenvalue weighted by atomic mass is 9.79. The lowest BCUT2D eigenvalue weighted by Crippen LogP contribution is -2.48. The number of hydrazine groups is 2. The van der Waals surface area contributed by atoms with Crippen LogP contribution in [0.4, 0.5) is 10.5 Å². The number of amides is 2. The van der Waals surface area contributed by atoms with Crippen molar-refractivity contribution in [3.8, 4) is 5.75 Å². The molecule has 0 atom stereocenters. The Labute approximate surface area is 146 Å². The normalized spacial score (nSPS) is 10.3. The topological polar surface area (TPSA) is 134 Å². The fourth-order valence-corrected chi connectivity index (χ4v) is 2.42. The highest BCUT2D eigenvalue weighted by atomic mass is 16.5. The van der Waals surface area contributed by atoms with Crippen LogP contribution in [-0.4, -0.2) is 23.2 Å². The molecule has 0 heterocycles. The van der Waals surface area contributed by atoms with Gasteiger partial charge in [0.05, 0.1) is 5.69 Å². The average Bonchev–Trinajstić information content (AvgIpc) is 2.59. The molecular formula is C16H21BN4O4. The van der Waals surface area contributed by atoms with Gasteiger partial charge < -0.3 is 14.8 Å². The van der Waals surface area contributed by atoms with E-state index in [1.54, 1.807) is 37.3 Å². The molecule has 0 fully saturated rings. The quantitative estimate of drug-likeness (QED) is 0.221. The number of carbonyl (C=O) groups excluding carboxylic acids is 1. The van der Waals surface area contributed by atoms with Crippen LogP contribution in [0, 0.1) is 13.8 Å². The van der Waals surface area contributed by atoms with E-state index in [1.165, 1.54) is 0 Å². The Bertz CT molecular complexity index is 770. The number of rotatable bonds is 5. The number of nitrogens with two attached hydrogens (primary N) is 2. The number of benzene rings is 2. The first-order valence-electron chi connectivity index (χ1n) is 7.58. The molecule has 0 radical (unpaired) electrons. The van der Waals surface area contributed by atoms with E-state index in [0.29, 0.717) is 16.9 Å². The fourth-order valence-electron chi connectivity index (χ4n) is 2.42. The number of hydrogen-bond donors (Lipinski definition) is 5. The molecule has 0 saturated heterocycles. The molecule has 7 N–H and O–H groups in total. The summed E-state index contributed by atoms with van der Waals surface area (Å²) in [6, 6.07) is 9.57. The second-order valence-corrected chi connectivity index (χ2v) is 5.58. The standard InChI is InChI=1S/C16H21BN4O4/c1-10-4-3-5-14(21(19)16(22)20-18)13(10)9-25-15-7-6-12(17(23)24)8-11(15)2/h3-8,23-24H,9,18-19H2,1-2H3,(H,20,22). The van der Waals surface area contributed by atoms with E-state index in [-0.39, 0.29) is 6.61 Å². The molecule has 0 unspecified atom stereocenters. The van der Waals surface area contributed by atoms with Crippen LogP contribution < -0.4 is 32.3 Å². The number of nitrogens with zero attached hydrogens (tertiary/aromatic N) is 1. The van der Waals surface area contributed by atoms with Crippen molar-refractivity contribution in [2.45, 2.75) is 20.5 Å². The summed E-state index contributed by atoms with van der Waals surface area (Å²) in [5, 5.41) is 19.3. The number of ether oxygens (including phenoxy) is 1. The minimum atomic E-state index is -1.53. The summed E-state index contributed by atoms with van der Waals surface area (Å²) >= 11 is 0. The highest BCUT2D eigenvalue weighted by Gasteiger charge is 2.17. The van der Waals surface area contributed by atoms with Crippen LogP contribution in [0.1, 0.15) is 16.7 Å². The first-order chi connectivity index (χ1) is 11.8. The van der Waals surface area contributed by atoms with E-state index in [2.05, 4.69) is 0 Å². The number of anilines is 1. The minimum absolute atomic E-state index is 0.176. The van der Waals surface area contributed by atoms with Crippen LogP contribution in [0.15, 0.2) is 36.4 Å². The second kappa shape index (κ2) is 7.99. The Kier molecular flexibility index (Phi) is 5.99. The smallest absolute Gasteiger partial charge is 0.488 e. The van der Waals surface area contributed by atoms with Gasteiger partial charge in [-0.1, -0.05) is 24.3 Å². The average molecular weight is 344 g/mol. The number of nitrogens with one attached hydrogen (secondary N) is 1. The summed E-state index contributed by atoms with van der Waals surface area (Å²) in [5.41, 5.74) is 5.23. The molecule has 25 heavy (non-hydrogen) atoms. The van der Waals surface area contributed by atoms with Gasteiger partial charge in [0, 0.05) is 5.56 Å². The minimum Gasteiger partial charge on any atom is -0.489 e. The summed E-state index contributed by atoms with van der Waals surface area (Å²) in [4.78, 5) is 11.7. The lowest BCUT2D eigenvalue weighted by Gasteiger charge is -2.21. The van der Waals surface area contributed by atoms with Gasteiger partial charge in [-0.25, -0.2) is 21.5 Å². The van der Waals surface area contributed by atoms with E-state index in [4.69, 9.17) is 16.4 Å². The van der Waals surface area contributed by atoms with Crippen molar-refractivity contribution in [1.82, 2.24) is 5.43 Å². The second-order valence-electron chi connectivity index (χ2n) is 5.58. The first kappa shape index (κ1) is 18.7. The van der Waals surface area contributed by atoms with Crippen molar-refractivity contribution in [2.75, 3.05) is 5.01 Å². The first-order valence-corrected chi connectivity index (χ1v) is 7.58. The maximum atomic E-state index is 11.7.